The van der Waals surface area contributed by atoms with E-state index >= 15 is 0 Å². The van der Waals surface area contributed by atoms with E-state index in [1.807, 2.05) is 0 Å². The van der Waals surface area contributed by atoms with Crippen molar-refractivity contribution in [2.45, 2.75) is 85.1 Å². The monoisotopic (exact) mass is 390 g/mol. The van der Waals surface area contributed by atoms with Gasteiger partial charge in [0.05, 0.1) is 18.9 Å². The van der Waals surface area contributed by atoms with Gasteiger partial charge in [0.15, 0.2) is 0 Å². The molecule has 2 aromatic carbocycles. The fraction of sp³-hybridized carbons (Fsp3) is 0.519. The quantitative estimate of drug-likeness (QED) is 0.492. The third kappa shape index (κ3) is 4.27. The Hall–Kier alpha value is -2.09. The Kier molecular flexibility index (Phi) is 6.51. The molecular weight excluding hydrogens is 352 g/mol. The van der Waals surface area contributed by atoms with Gasteiger partial charge in [-0.25, -0.2) is 0 Å². The molecule has 0 spiro atoms. The Morgan fingerprint density at radius 1 is 0.690 bits per heavy atom. The summed E-state index contributed by atoms with van der Waals surface area (Å²) >= 11 is 0. The van der Waals surface area contributed by atoms with Crippen LogP contribution >= 0.6 is 0 Å². The zero-order valence-corrected chi connectivity index (χ0v) is 19.5. The molecule has 0 radical (unpaired) electrons. The summed E-state index contributed by atoms with van der Waals surface area (Å²) in [6.07, 6.45) is 2.10. The standard InChI is InChI=1S/C27H38N2/c1-17(2)21-11-9-12-22(18(3)4)26(21)25-15-29(16-28-25)27-23(19(5)6)13-10-14-24(27)20(7)8/h9-14,16-20,25H,15H2,1-8H3. The zero-order chi connectivity index (χ0) is 21.3. The van der Waals surface area contributed by atoms with Gasteiger partial charge in [0, 0.05) is 5.69 Å². The van der Waals surface area contributed by atoms with Crippen molar-refractivity contribution >= 4 is 12.0 Å². The average molecular weight is 391 g/mol. The predicted octanol–water partition coefficient (Wildman–Crippen LogP) is 7.77. The molecule has 0 aliphatic carbocycles. The van der Waals surface area contributed by atoms with Crippen LogP contribution in [0.4, 0.5) is 5.69 Å². The molecule has 1 unspecified atom stereocenters. The summed E-state index contributed by atoms with van der Waals surface area (Å²) in [7, 11) is 0. The van der Waals surface area contributed by atoms with Gasteiger partial charge in [-0.2, -0.15) is 0 Å². The van der Waals surface area contributed by atoms with Gasteiger partial charge in [-0.3, -0.25) is 4.99 Å². The predicted molar refractivity (Wildman–Crippen MR) is 128 cm³/mol. The van der Waals surface area contributed by atoms with E-state index in [1.54, 1.807) is 0 Å². The second kappa shape index (κ2) is 8.73. The van der Waals surface area contributed by atoms with Crippen LogP contribution in [0.5, 0.6) is 0 Å². The lowest BCUT2D eigenvalue weighted by molar-refractivity contribution is 0.709. The van der Waals surface area contributed by atoms with Crippen LogP contribution in [-0.2, 0) is 0 Å². The van der Waals surface area contributed by atoms with Gasteiger partial charge in [-0.1, -0.05) is 91.8 Å². The second-order valence-electron chi connectivity index (χ2n) is 9.69. The minimum Gasteiger partial charge on any atom is -0.330 e. The highest BCUT2D eigenvalue weighted by Gasteiger charge is 2.29. The lowest BCUT2D eigenvalue weighted by Gasteiger charge is -2.28. The number of anilines is 1. The van der Waals surface area contributed by atoms with Gasteiger partial charge < -0.3 is 4.90 Å². The normalized spacial score (nSPS) is 16.8. The van der Waals surface area contributed by atoms with Crippen molar-refractivity contribution in [1.82, 2.24) is 0 Å². The third-order valence-corrected chi connectivity index (χ3v) is 6.14. The summed E-state index contributed by atoms with van der Waals surface area (Å²) in [6, 6.07) is 13.8. The van der Waals surface area contributed by atoms with E-state index < -0.39 is 0 Å². The van der Waals surface area contributed by atoms with Gasteiger partial charge in [-0.15, -0.1) is 0 Å². The van der Waals surface area contributed by atoms with Crippen molar-refractivity contribution in [2.75, 3.05) is 11.4 Å². The minimum absolute atomic E-state index is 0.200. The van der Waals surface area contributed by atoms with Gasteiger partial charge in [0.2, 0.25) is 0 Å². The van der Waals surface area contributed by atoms with Crippen LogP contribution in [0.15, 0.2) is 41.4 Å². The number of nitrogens with zero attached hydrogens (tertiary/aromatic N) is 2. The number of hydrogen-bond acceptors (Lipinski definition) is 2. The molecule has 1 aliphatic heterocycles. The summed E-state index contributed by atoms with van der Waals surface area (Å²) in [5.41, 5.74) is 8.55. The van der Waals surface area contributed by atoms with E-state index in [9.17, 15) is 0 Å². The lowest BCUT2D eigenvalue weighted by atomic mass is 9.85. The van der Waals surface area contributed by atoms with Crippen LogP contribution in [0.1, 0.15) is 113 Å². The first kappa shape index (κ1) is 21.6. The lowest BCUT2D eigenvalue weighted by Crippen LogP contribution is -2.24. The van der Waals surface area contributed by atoms with E-state index in [1.165, 1.54) is 33.5 Å². The molecule has 2 aromatic rings. The fourth-order valence-electron chi connectivity index (χ4n) is 4.59. The zero-order valence-electron chi connectivity index (χ0n) is 19.5. The smallest absolute Gasteiger partial charge is 0.0951 e. The molecule has 1 heterocycles. The average Bonchev–Trinajstić information content (AvgIpc) is 3.15. The summed E-state index contributed by atoms with van der Waals surface area (Å²) in [4.78, 5) is 7.46. The maximum Gasteiger partial charge on any atom is 0.0951 e. The molecule has 0 saturated carbocycles. The van der Waals surface area contributed by atoms with Crippen molar-refractivity contribution in [3.8, 4) is 0 Å². The van der Waals surface area contributed by atoms with Crippen LogP contribution in [0.25, 0.3) is 0 Å². The van der Waals surface area contributed by atoms with Crippen molar-refractivity contribution in [2.24, 2.45) is 4.99 Å². The largest absolute Gasteiger partial charge is 0.330 e. The van der Waals surface area contributed by atoms with Gasteiger partial charge in [0.1, 0.15) is 0 Å². The van der Waals surface area contributed by atoms with E-state index in [-0.39, 0.29) is 6.04 Å². The second-order valence-corrected chi connectivity index (χ2v) is 9.69. The number of aliphatic imine (C=N–C) groups is 1. The molecule has 2 nitrogen and oxygen atoms in total. The van der Waals surface area contributed by atoms with Crippen LogP contribution in [0.3, 0.4) is 0 Å². The molecular formula is C27H38N2. The summed E-state index contributed by atoms with van der Waals surface area (Å²) in [6.45, 7) is 19.3. The molecule has 2 heteroatoms. The van der Waals surface area contributed by atoms with Crippen molar-refractivity contribution < 1.29 is 0 Å². The van der Waals surface area contributed by atoms with Crippen LogP contribution in [-0.4, -0.2) is 12.9 Å². The van der Waals surface area contributed by atoms with Gasteiger partial charge in [0.25, 0.3) is 0 Å². The SMILES string of the molecule is CC(C)c1cccc(C(C)C)c1C1CN(c2c(C(C)C)cccc2C(C)C)C=N1. The van der Waals surface area contributed by atoms with Gasteiger partial charge >= 0.3 is 0 Å². The molecule has 1 aliphatic rings. The Labute approximate surface area is 178 Å². The molecule has 0 N–H and O–H groups in total. The number of rotatable bonds is 6. The number of hydrogen-bond donors (Lipinski definition) is 0. The maximum absolute atomic E-state index is 5.05. The molecule has 3 rings (SSSR count). The third-order valence-electron chi connectivity index (χ3n) is 6.14. The fourth-order valence-corrected chi connectivity index (χ4v) is 4.59. The van der Waals surface area contributed by atoms with E-state index in [2.05, 4.69) is 103 Å². The maximum atomic E-state index is 5.05. The van der Waals surface area contributed by atoms with E-state index in [0.29, 0.717) is 23.7 Å². The van der Waals surface area contributed by atoms with Gasteiger partial charge in [-0.05, 0) is 51.5 Å². The number of para-hydroxylation sites is 1. The first-order valence-electron chi connectivity index (χ1n) is 11.3. The molecule has 156 valence electrons. The highest BCUT2D eigenvalue weighted by molar-refractivity contribution is 5.85. The summed E-state index contributed by atoms with van der Waals surface area (Å²) in [5, 5.41) is 0. The summed E-state index contributed by atoms with van der Waals surface area (Å²) in [5.74, 6) is 1.99. The Morgan fingerprint density at radius 2 is 1.10 bits per heavy atom. The Morgan fingerprint density at radius 3 is 1.52 bits per heavy atom. The molecule has 29 heavy (non-hydrogen) atoms. The van der Waals surface area contributed by atoms with E-state index in [4.69, 9.17) is 4.99 Å². The first-order chi connectivity index (χ1) is 13.7. The van der Waals surface area contributed by atoms with Crippen molar-refractivity contribution in [1.29, 1.82) is 0 Å². The highest BCUT2D eigenvalue weighted by atomic mass is 15.2. The first-order valence-corrected chi connectivity index (χ1v) is 11.3. The van der Waals surface area contributed by atoms with Crippen LogP contribution in [0.2, 0.25) is 0 Å². The molecule has 1 atom stereocenters. The summed E-state index contributed by atoms with van der Waals surface area (Å²) < 4.78 is 0. The molecule has 0 fully saturated rings. The molecule has 0 saturated heterocycles. The van der Waals surface area contributed by atoms with E-state index in [0.717, 1.165) is 6.54 Å². The molecule has 0 amide bonds. The Bertz CT molecular complexity index is 750. The topological polar surface area (TPSA) is 15.6 Å². The molecule has 0 aromatic heterocycles. The number of benzene rings is 2. The van der Waals surface area contributed by atoms with Crippen molar-refractivity contribution in [3.05, 3.63) is 64.2 Å². The minimum atomic E-state index is 0.200. The molecule has 0 bridgehead atoms. The van der Waals surface area contributed by atoms with Crippen LogP contribution in [0, 0.1) is 0 Å². The Balaban J connectivity index is 2.05. The highest BCUT2D eigenvalue weighted by Crippen LogP contribution is 2.40. The van der Waals surface area contributed by atoms with Crippen LogP contribution < -0.4 is 4.90 Å². The van der Waals surface area contributed by atoms with Crippen molar-refractivity contribution in [3.63, 3.8) is 0 Å².